The van der Waals surface area contributed by atoms with Gasteiger partial charge in [0, 0.05) is 0 Å². The Bertz CT molecular complexity index is 441. The van der Waals surface area contributed by atoms with Crippen LogP contribution in [0.4, 0.5) is 0 Å². The first-order valence-corrected chi connectivity index (χ1v) is 4.76. The summed E-state index contributed by atoms with van der Waals surface area (Å²) in [5, 5.41) is 12.9. The largest absolute Gasteiger partial charge is 0.460 e. The topological polar surface area (TPSA) is 80.8 Å². The van der Waals surface area contributed by atoms with E-state index < -0.39 is 0 Å². The molecule has 0 unspecified atom stereocenters. The molecule has 82 valence electrons. The summed E-state index contributed by atoms with van der Waals surface area (Å²) >= 11 is 0. The van der Waals surface area contributed by atoms with Crippen molar-refractivity contribution in [3.63, 3.8) is 0 Å². The number of esters is 1. The number of hydrogen-bond donors (Lipinski definition) is 1. The maximum absolute atomic E-state index is 11.3. The first-order valence-electron chi connectivity index (χ1n) is 4.76. The summed E-state index contributed by atoms with van der Waals surface area (Å²) < 4.78 is 5.04. The predicted molar refractivity (Wildman–Crippen MR) is 54.1 cm³/mol. The number of carbonyl (C=O) groups is 1. The zero-order valence-corrected chi connectivity index (χ0v) is 8.46. The average Bonchev–Trinajstić information content (AvgIpc) is 2.81. The number of aromatic nitrogens is 4. The smallest absolute Gasteiger partial charge is 0.314 e. The van der Waals surface area contributed by atoms with Gasteiger partial charge in [0.15, 0.2) is 5.82 Å². The molecule has 0 fully saturated rings. The van der Waals surface area contributed by atoms with Crippen molar-refractivity contribution in [2.24, 2.45) is 0 Å². The SMILES string of the molecule is O=C(Cc1nn[nH]n1)OCc1ccccc1. The maximum Gasteiger partial charge on any atom is 0.314 e. The van der Waals surface area contributed by atoms with Gasteiger partial charge >= 0.3 is 5.97 Å². The molecule has 6 nitrogen and oxygen atoms in total. The lowest BCUT2D eigenvalue weighted by atomic mass is 10.2. The highest BCUT2D eigenvalue weighted by Crippen LogP contribution is 2.01. The van der Waals surface area contributed by atoms with Gasteiger partial charge in [-0.25, -0.2) is 0 Å². The summed E-state index contributed by atoms with van der Waals surface area (Å²) in [6.07, 6.45) is 0.0311. The minimum atomic E-state index is -0.370. The van der Waals surface area contributed by atoms with Crippen LogP contribution in [0.2, 0.25) is 0 Å². The Morgan fingerprint density at radius 3 is 2.81 bits per heavy atom. The molecule has 6 heteroatoms. The molecule has 1 aromatic heterocycles. The van der Waals surface area contributed by atoms with Gasteiger partial charge < -0.3 is 4.74 Å². The number of aromatic amines is 1. The van der Waals surface area contributed by atoms with E-state index in [1.165, 1.54) is 0 Å². The molecule has 16 heavy (non-hydrogen) atoms. The van der Waals surface area contributed by atoms with Crippen molar-refractivity contribution < 1.29 is 9.53 Å². The van der Waals surface area contributed by atoms with E-state index in [1.807, 2.05) is 30.3 Å². The molecule has 1 aromatic carbocycles. The molecule has 0 aliphatic rings. The number of ether oxygens (including phenoxy) is 1. The first-order chi connectivity index (χ1) is 7.84. The monoisotopic (exact) mass is 218 g/mol. The van der Waals surface area contributed by atoms with Crippen LogP contribution in [0, 0.1) is 0 Å². The van der Waals surface area contributed by atoms with E-state index in [1.54, 1.807) is 0 Å². The van der Waals surface area contributed by atoms with Gasteiger partial charge in [0.1, 0.15) is 13.0 Å². The van der Waals surface area contributed by atoms with E-state index in [-0.39, 0.29) is 19.0 Å². The highest BCUT2D eigenvalue weighted by molar-refractivity contribution is 5.71. The summed E-state index contributed by atoms with van der Waals surface area (Å²) in [7, 11) is 0. The van der Waals surface area contributed by atoms with Crippen LogP contribution >= 0.6 is 0 Å². The maximum atomic E-state index is 11.3. The first kappa shape index (κ1) is 10.3. The van der Waals surface area contributed by atoms with Gasteiger partial charge in [0.05, 0.1) is 0 Å². The Balaban J connectivity index is 1.80. The van der Waals surface area contributed by atoms with Crippen LogP contribution in [0.5, 0.6) is 0 Å². The molecular formula is C10H10N4O2. The van der Waals surface area contributed by atoms with Crippen LogP contribution in [0.15, 0.2) is 30.3 Å². The molecule has 0 saturated heterocycles. The lowest BCUT2D eigenvalue weighted by Gasteiger charge is -2.02. The van der Waals surface area contributed by atoms with Gasteiger partial charge in [-0.2, -0.15) is 5.21 Å². The van der Waals surface area contributed by atoms with Crippen molar-refractivity contribution in [3.05, 3.63) is 41.7 Å². The number of carbonyl (C=O) groups excluding carboxylic acids is 1. The quantitative estimate of drug-likeness (QED) is 0.755. The third-order valence-electron chi connectivity index (χ3n) is 1.93. The molecular weight excluding hydrogens is 208 g/mol. The van der Waals surface area contributed by atoms with Crippen LogP contribution in [-0.2, 0) is 22.6 Å². The zero-order chi connectivity index (χ0) is 11.2. The van der Waals surface area contributed by atoms with Gasteiger partial charge in [0.2, 0.25) is 0 Å². The minimum Gasteiger partial charge on any atom is -0.460 e. The number of nitrogens with zero attached hydrogens (tertiary/aromatic N) is 3. The second-order valence-electron chi connectivity index (χ2n) is 3.15. The summed E-state index contributed by atoms with van der Waals surface area (Å²) in [4.78, 5) is 11.3. The van der Waals surface area contributed by atoms with Crippen LogP contribution in [0.1, 0.15) is 11.4 Å². The lowest BCUT2D eigenvalue weighted by molar-refractivity contribution is -0.144. The summed E-state index contributed by atoms with van der Waals surface area (Å²) in [5.74, 6) is -0.0386. The minimum absolute atomic E-state index is 0.0311. The highest BCUT2D eigenvalue weighted by atomic mass is 16.5. The molecule has 0 spiro atoms. The van der Waals surface area contributed by atoms with Crippen molar-refractivity contribution in [2.75, 3.05) is 0 Å². The van der Waals surface area contributed by atoms with E-state index in [0.29, 0.717) is 5.82 Å². The fraction of sp³-hybridized carbons (Fsp3) is 0.200. The van der Waals surface area contributed by atoms with Crippen molar-refractivity contribution in [2.45, 2.75) is 13.0 Å². The second-order valence-corrected chi connectivity index (χ2v) is 3.15. The summed E-state index contributed by atoms with van der Waals surface area (Å²) in [6, 6.07) is 9.47. The molecule has 2 aromatic rings. The van der Waals surface area contributed by atoms with Crippen LogP contribution < -0.4 is 0 Å². The van der Waals surface area contributed by atoms with Gasteiger partial charge in [-0.15, -0.1) is 10.2 Å². The Kier molecular flexibility index (Phi) is 3.22. The van der Waals surface area contributed by atoms with Crippen molar-refractivity contribution in [1.82, 2.24) is 20.6 Å². The number of benzene rings is 1. The van der Waals surface area contributed by atoms with Crippen molar-refractivity contribution in [3.8, 4) is 0 Å². The van der Waals surface area contributed by atoms with Crippen molar-refractivity contribution >= 4 is 5.97 Å². The molecule has 0 aliphatic carbocycles. The molecule has 0 saturated carbocycles. The average molecular weight is 218 g/mol. The number of rotatable bonds is 4. The molecule has 0 aliphatic heterocycles. The summed E-state index contributed by atoms with van der Waals surface area (Å²) in [5.41, 5.74) is 0.948. The van der Waals surface area contributed by atoms with Crippen molar-refractivity contribution in [1.29, 1.82) is 0 Å². The fourth-order valence-electron chi connectivity index (χ4n) is 1.18. The number of hydrogen-bond acceptors (Lipinski definition) is 5. The van der Waals surface area contributed by atoms with Gasteiger partial charge in [-0.05, 0) is 5.56 Å². The second kappa shape index (κ2) is 5.01. The Hall–Kier alpha value is -2.24. The third kappa shape index (κ3) is 2.88. The number of nitrogens with one attached hydrogen (secondary N) is 1. The highest BCUT2D eigenvalue weighted by Gasteiger charge is 2.08. The molecule has 2 rings (SSSR count). The Morgan fingerprint density at radius 2 is 2.12 bits per heavy atom. The molecule has 0 bridgehead atoms. The van der Waals surface area contributed by atoms with E-state index >= 15 is 0 Å². The van der Waals surface area contributed by atoms with E-state index in [9.17, 15) is 4.79 Å². The van der Waals surface area contributed by atoms with E-state index in [4.69, 9.17) is 4.74 Å². The zero-order valence-electron chi connectivity index (χ0n) is 8.46. The molecule has 0 atom stereocenters. The fourth-order valence-corrected chi connectivity index (χ4v) is 1.18. The molecule has 0 amide bonds. The van der Waals surface area contributed by atoms with Gasteiger partial charge in [-0.1, -0.05) is 35.5 Å². The number of H-pyrrole nitrogens is 1. The van der Waals surface area contributed by atoms with Gasteiger partial charge in [-0.3, -0.25) is 4.79 Å². The molecule has 1 heterocycles. The van der Waals surface area contributed by atoms with E-state index in [0.717, 1.165) is 5.56 Å². The van der Waals surface area contributed by atoms with Crippen LogP contribution in [0.3, 0.4) is 0 Å². The normalized spacial score (nSPS) is 10.0. The molecule has 1 N–H and O–H groups in total. The Morgan fingerprint density at radius 1 is 1.31 bits per heavy atom. The lowest BCUT2D eigenvalue weighted by Crippen LogP contribution is -2.09. The third-order valence-corrected chi connectivity index (χ3v) is 1.93. The van der Waals surface area contributed by atoms with Crippen LogP contribution in [-0.4, -0.2) is 26.6 Å². The standard InChI is InChI=1S/C10H10N4O2/c15-10(6-9-11-13-14-12-9)16-7-8-4-2-1-3-5-8/h1-5H,6-7H2,(H,11,12,13,14). The van der Waals surface area contributed by atoms with Gasteiger partial charge in [0.25, 0.3) is 0 Å². The number of tetrazole rings is 1. The predicted octanol–water partition coefficient (Wildman–Crippen LogP) is 0.486. The summed E-state index contributed by atoms with van der Waals surface area (Å²) in [6.45, 7) is 0.261. The molecule has 0 radical (unpaired) electrons. The Labute approximate surface area is 91.6 Å². The van der Waals surface area contributed by atoms with E-state index in [2.05, 4.69) is 20.6 Å². The van der Waals surface area contributed by atoms with Crippen LogP contribution in [0.25, 0.3) is 0 Å².